The molecule has 2 rings (SSSR count). The van der Waals surface area contributed by atoms with Gasteiger partial charge in [0.1, 0.15) is 10.8 Å². The number of halogens is 4. The van der Waals surface area contributed by atoms with Gasteiger partial charge >= 0.3 is 6.18 Å². The van der Waals surface area contributed by atoms with Crippen molar-refractivity contribution in [1.29, 1.82) is 0 Å². The third-order valence-corrected chi connectivity index (χ3v) is 3.86. The molecule has 0 aromatic heterocycles. The lowest BCUT2D eigenvalue weighted by atomic mass is 10.1. The number of carbonyl (C=O) groups excluding carboxylic acids is 1. The number of benzene rings is 1. The number of nitrogens with one attached hydrogen (secondary N) is 1. The normalized spacial score (nSPS) is 18.6. The van der Waals surface area contributed by atoms with Crippen LogP contribution in [0.15, 0.2) is 29.4 Å². The van der Waals surface area contributed by atoms with Crippen LogP contribution in [0, 0.1) is 0 Å². The van der Waals surface area contributed by atoms with Crippen LogP contribution in [0.3, 0.4) is 0 Å². The Bertz CT molecular complexity index is 574. The molecule has 0 saturated heterocycles. The lowest BCUT2D eigenvalue weighted by molar-refractivity contribution is -0.137. The van der Waals surface area contributed by atoms with Crippen LogP contribution >= 0.6 is 15.9 Å². The van der Waals surface area contributed by atoms with Gasteiger partial charge in [-0.2, -0.15) is 18.3 Å². The molecule has 1 aliphatic rings. The van der Waals surface area contributed by atoms with E-state index in [1.807, 2.05) is 0 Å². The van der Waals surface area contributed by atoms with Crippen molar-refractivity contribution in [3.05, 3.63) is 35.4 Å². The summed E-state index contributed by atoms with van der Waals surface area (Å²) in [5.74, 6) is 0.111. The summed E-state index contributed by atoms with van der Waals surface area (Å²) in [4.78, 5) is 11.9. The van der Waals surface area contributed by atoms with E-state index >= 15 is 0 Å². The molecule has 0 spiro atoms. The summed E-state index contributed by atoms with van der Waals surface area (Å²) < 4.78 is 37.8. The van der Waals surface area contributed by atoms with Crippen molar-refractivity contribution in [3.8, 4) is 0 Å². The summed E-state index contributed by atoms with van der Waals surface area (Å²) in [6.07, 6.45) is -4.00. The predicted molar refractivity (Wildman–Crippen MR) is 75.8 cm³/mol. The molecule has 1 heterocycles. The first-order chi connectivity index (χ1) is 9.75. The quantitative estimate of drug-likeness (QED) is 0.648. The highest BCUT2D eigenvalue weighted by atomic mass is 79.9. The van der Waals surface area contributed by atoms with Gasteiger partial charge in [0, 0.05) is 13.5 Å². The first-order valence-electron chi connectivity index (χ1n) is 6.16. The second-order valence-electron chi connectivity index (χ2n) is 4.68. The molecule has 4 nitrogen and oxygen atoms in total. The molecule has 114 valence electrons. The Morgan fingerprint density at radius 3 is 2.81 bits per heavy atom. The Kier molecular flexibility index (Phi) is 4.55. The Morgan fingerprint density at radius 2 is 2.24 bits per heavy atom. The SMILES string of the molecule is CN1N=C(NC(=O)Cc2cccc(C(F)(F)F)c2)CC1Br. The van der Waals surface area contributed by atoms with Crippen LogP contribution in [-0.2, 0) is 17.4 Å². The zero-order valence-electron chi connectivity index (χ0n) is 11.1. The van der Waals surface area contributed by atoms with E-state index in [0.29, 0.717) is 17.8 Å². The molecule has 8 heteroatoms. The van der Waals surface area contributed by atoms with Gasteiger partial charge in [0.2, 0.25) is 5.91 Å². The fourth-order valence-corrected chi connectivity index (χ4v) is 2.31. The zero-order chi connectivity index (χ0) is 15.6. The van der Waals surface area contributed by atoms with Gasteiger partial charge in [-0.05, 0) is 11.6 Å². The maximum absolute atomic E-state index is 12.6. The fourth-order valence-electron chi connectivity index (χ4n) is 1.91. The highest BCUT2D eigenvalue weighted by molar-refractivity contribution is 9.09. The third kappa shape index (κ3) is 4.20. The maximum Gasteiger partial charge on any atom is 0.416 e. The van der Waals surface area contributed by atoms with Crippen LogP contribution in [0.1, 0.15) is 17.5 Å². The smallest absolute Gasteiger partial charge is 0.312 e. The minimum Gasteiger partial charge on any atom is -0.312 e. The van der Waals surface area contributed by atoms with Gasteiger partial charge in [0.15, 0.2) is 0 Å². The zero-order valence-corrected chi connectivity index (χ0v) is 12.7. The molecular weight excluding hydrogens is 351 g/mol. The first-order valence-corrected chi connectivity index (χ1v) is 7.07. The second-order valence-corrected chi connectivity index (χ2v) is 5.74. The summed E-state index contributed by atoms with van der Waals surface area (Å²) in [6, 6.07) is 4.74. The van der Waals surface area contributed by atoms with E-state index in [1.54, 1.807) is 12.1 Å². The van der Waals surface area contributed by atoms with Crippen LogP contribution < -0.4 is 5.32 Å². The number of hydrogen-bond acceptors (Lipinski definition) is 3. The molecule has 21 heavy (non-hydrogen) atoms. The number of amidine groups is 1. The van der Waals surface area contributed by atoms with Crippen molar-refractivity contribution < 1.29 is 18.0 Å². The number of alkyl halides is 4. The summed E-state index contributed by atoms with van der Waals surface area (Å²) >= 11 is 3.37. The van der Waals surface area contributed by atoms with Gasteiger partial charge in [0.05, 0.1) is 12.0 Å². The summed E-state index contributed by atoms with van der Waals surface area (Å²) in [5, 5.41) is 8.36. The van der Waals surface area contributed by atoms with Crippen LogP contribution in [0.5, 0.6) is 0 Å². The monoisotopic (exact) mass is 363 g/mol. The van der Waals surface area contributed by atoms with E-state index in [1.165, 1.54) is 12.1 Å². The first kappa shape index (κ1) is 15.8. The largest absolute Gasteiger partial charge is 0.416 e. The molecular formula is C13H13BrF3N3O. The molecule has 1 aliphatic heterocycles. The molecule has 1 amide bonds. The van der Waals surface area contributed by atoms with Crippen molar-refractivity contribution in [2.24, 2.45) is 5.10 Å². The Labute approximate surface area is 128 Å². The lowest BCUT2D eigenvalue weighted by Crippen LogP contribution is -2.31. The number of amides is 1. The molecule has 1 N–H and O–H groups in total. The van der Waals surface area contributed by atoms with Crippen molar-refractivity contribution in [2.75, 3.05) is 7.05 Å². The molecule has 1 atom stereocenters. The fraction of sp³-hybridized carbons (Fsp3) is 0.385. The topological polar surface area (TPSA) is 44.7 Å². The maximum atomic E-state index is 12.6. The van der Waals surface area contributed by atoms with E-state index in [-0.39, 0.29) is 17.3 Å². The second kappa shape index (κ2) is 6.05. The summed E-state index contributed by atoms with van der Waals surface area (Å²) in [5.41, 5.74) is -0.448. The van der Waals surface area contributed by atoms with Crippen LogP contribution in [-0.4, -0.2) is 28.8 Å². The minimum absolute atomic E-state index is 0.0151. The van der Waals surface area contributed by atoms with E-state index in [4.69, 9.17) is 0 Å². The van der Waals surface area contributed by atoms with Gasteiger partial charge < -0.3 is 5.32 Å². The minimum atomic E-state index is -4.41. The van der Waals surface area contributed by atoms with Crippen LogP contribution in [0.2, 0.25) is 0 Å². The highest BCUT2D eigenvalue weighted by Gasteiger charge is 2.30. The molecule has 0 bridgehead atoms. The van der Waals surface area contributed by atoms with E-state index < -0.39 is 11.7 Å². The number of rotatable bonds is 2. The lowest BCUT2D eigenvalue weighted by Gasteiger charge is -2.09. The van der Waals surface area contributed by atoms with Gasteiger partial charge in [-0.15, -0.1) is 0 Å². The number of nitrogens with zero attached hydrogens (tertiary/aromatic N) is 2. The van der Waals surface area contributed by atoms with Crippen molar-refractivity contribution in [1.82, 2.24) is 10.3 Å². The average molecular weight is 364 g/mol. The third-order valence-electron chi connectivity index (χ3n) is 2.95. The average Bonchev–Trinajstić information content (AvgIpc) is 2.67. The Balaban J connectivity index is 1.99. The highest BCUT2D eigenvalue weighted by Crippen LogP contribution is 2.29. The van der Waals surface area contributed by atoms with Crippen molar-refractivity contribution in [3.63, 3.8) is 0 Å². The van der Waals surface area contributed by atoms with Gasteiger partial charge in [-0.3, -0.25) is 9.80 Å². The number of carbonyl (C=O) groups is 1. The van der Waals surface area contributed by atoms with Gasteiger partial charge in [0.25, 0.3) is 0 Å². The molecule has 0 saturated carbocycles. The summed E-state index contributed by atoms with van der Waals surface area (Å²) in [7, 11) is 1.76. The van der Waals surface area contributed by atoms with Gasteiger partial charge in [-0.1, -0.05) is 34.1 Å². The Hall–Kier alpha value is -1.57. The molecule has 0 fully saturated rings. The van der Waals surface area contributed by atoms with E-state index in [2.05, 4.69) is 26.3 Å². The van der Waals surface area contributed by atoms with Crippen molar-refractivity contribution in [2.45, 2.75) is 24.0 Å². The molecule has 1 aromatic rings. The molecule has 1 aromatic carbocycles. The number of hydrogen-bond donors (Lipinski definition) is 1. The predicted octanol–water partition coefficient (Wildman–Crippen LogP) is 2.73. The molecule has 0 aliphatic carbocycles. The summed E-state index contributed by atoms with van der Waals surface area (Å²) in [6.45, 7) is 0. The van der Waals surface area contributed by atoms with E-state index in [9.17, 15) is 18.0 Å². The van der Waals surface area contributed by atoms with E-state index in [0.717, 1.165) is 12.1 Å². The molecule has 1 unspecified atom stereocenters. The van der Waals surface area contributed by atoms with Crippen LogP contribution in [0.25, 0.3) is 0 Å². The van der Waals surface area contributed by atoms with Gasteiger partial charge in [-0.25, -0.2) is 0 Å². The number of hydrazone groups is 1. The standard InChI is InChI=1S/C13H13BrF3N3O/c1-20-10(14)7-11(19-20)18-12(21)6-8-3-2-4-9(5-8)13(15,16)17/h2-5,10H,6-7H2,1H3,(H,18,19,21). The van der Waals surface area contributed by atoms with Crippen molar-refractivity contribution >= 4 is 27.7 Å². The molecule has 0 radical (unpaired) electrons. The van der Waals surface area contributed by atoms with Crippen LogP contribution in [0.4, 0.5) is 13.2 Å². The Morgan fingerprint density at radius 1 is 1.52 bits per heavy atom.